The highest BCUT2D eigenvalue weighted by Crippen LogP contribution is 2.30. The Bertz CT molecular complexity index is 563. The third-order valence-electron chi connectivity index (χ3n) is 5.17. The van der Waals surface area contributed by atoms with Crippen molar-refractivity contribution in [2.75, 3.05) is 26.2 Å². The number of nitrogens with zero attached hydrogens (tertiary/aromatic N) is 1. The molecule has 0 saturated carbocycles. The molecule has 5 heteroatoms. The van der Waals surface area contributed by atoms with Gasteiger partial charge in [0.25, 0.3) is 0 Å². The zero-order valence-corrected chi connectivity index (χ0v) is 14.5. The van der Waals surface area contributed by atoms with E-state index in [1.54, 1.807) is 0 Å². The number of rotatable bonds is 5. The number of piperidine rings is 1. The molecular formula is C19H29N3O2. The van der Waals surface area contributed by atoms with Crippen molar-refractivity contribution in [2.45, 2.75) is 44.8 Å². The Kier molecular flexibility index (Phi) is 5.74. The van der Waals surface area contributed by atoms with Crippen LogP contribution in [0.5, 0.6) is 0 Å². The number of hydrogen-bond acceptors (Lipinski definition) is 3. The number of hydrogen-bond donors (Lipinski definition) is 3. The topological polar surface area (TPSA) is 64.6 Å². The van der Waals surface area contributed by atoms with Crippen LogP contribution in [-0.2, 0) is 6.42 Å². The first-order chi connectivity index (χ1) is 11.6. The van der Waals surface area contributed by atoms with Gasteiger partial charge in [-0.25, -0.2) is 4.79 Å². The summed E-state index contributed by atoms with van der Waals surface area (Å²) >= 11 is 0. The van der Waals surface area contributed by atoms with Gasteiger partial charge >= 0.3 is 6.03 Å². The Hall–Kier alpha value is -1.59. The lowest BCUT2D eigenvalue weighted by Crippen LogP contribution is -2.42. The molecule has 1 heterocycles. The Morgan fingerprint density at radius 3 is 3.04 bits per heavy atom. The lowest BCUT2D eigenvalue weighted by atomic mass is 10.0. The van der Waals surface area contributed by atoms with Crippen molar-refractivity contribution >= 4 is 6.03 Å². The minimum absolute atomic E-state index is 0.192. The van der Waals surface area contributed by atoms with Gasteiger partial charge in [-0.2, -0.15) is 0 Å². The van der Waals surface area contributed by atoms with Crippen molar-refractivity contribution in [1.29, 1.82) is 0 Å². The van der Waals surface area contributed by atoms with Crippen molar-refractivity contribution in [1.82, 2.24) is 15.5 Å². The molecule has 1 aliphatic heterocycles. The summed E-state index contributed by atoms with van der Waals surface area (Å²) in [5.74, 6) is 0.791. The SMILES string of the molecule is CC1CCCN(CCCNC(=O)NC2c3ccccc3CC2O)C1. The Labute approximate surface area is 144 Å². The van der Waals surface area contributed by atoms with Crippen molar-refractivity contribution in [3.63, 3.8) is 0 Å². The molecule has 1 fully saturated rings. The molecule has 24 heavy (non-hydrogen) atoms. The normalized spacial score (nSPS) is 26.8. The fourth-order valence-corrected chi connectivity index (χ4v) is 3.93. The smallest absolute Gasteiger partial charge is 0.315 e. The minimum atomic E-state index is -0.539. The van der Waals surface area contributed by atoms with Gasteiger partial charge in [-0.3, -0.25) is 0 Å². The third kappa shape index (κ3) is 4.28. The van der Waals surface area contributed by atoms with E-state index in [1.807, 2.05) is 24.3 Å². The molecule has 3 N–H and O–H groups in total. The van der Waals surface area contributed by atoms with E-state index < -0.39 is 6.10 Å². The predicted molar refractivity (Wildman–Crippen MR) is 94.9 cm³/mol. The summed E-state index contributed by atoms with van der Waals surface area (Å²) in [5.41, 5.74) is 2.15. The molecule has 1 aromatic rings. The van der Waals surface area contributed by atoms with Crippen molar-refractivity contribution < 1.29 is 9.90 Å². The fraction of sp³-hybridized carbons (Fsp3) is 0.632. The number of aliphatic hydroxyl groups excluding tert-OH is 1. The average Bonchev–Trinajstić information content (AvgIpc) is 2.88. The first-order valence-corrected chi connectivity index (χ1v) is 9.16. The second-order valence-corrected chi connectivity index (χ2v) is 7.25. The molecule has 2 amide bonds. The van der Waals surface area contributed by atoms with Crippen LogP contribution in [0.1, 0.15) is 43.4 Å². The number of aliphatic hydroxyl groups is 1. The van der Waals surface area contributed by atoms with Crippen LogP contribution >= 0.6 is 0 Å². The molecule has 1 aromatic carbocycles. The quantitative estimate of drug-likeness (QED) is 0.724. The maximum Gasteiger partial charge on any atom is 0.315 e. The first-order valence-electron chi connectivity index (χ1n) is 9.16. The van der Waals surface area contributed by atoms with E-state index in [0.29, 0.717) is 13.0 Å². The van der Waals surface area contributed by atoms with Crippen molar-refractivity contribution in [3.05, 3.63) is 35.4 Å². The van der Waals surface area contributed by atoms with Gasteiger partial charge < -0.3 is 20.6 Å². The number of carbonyl (C=O) groups excluding carboxylic acids is 1. The van der Waals surface area contributed by atoms with E-state index in [9.17, 15) is 9.90 Å². The number of amides is 2. The van der Waals surface area contributed by atoms with Crippen LogP contribution in [0.4, 0.5) is 4.79 Å². The van der Waals surface area contributed by atoms with Crippen LogP contribution in [0.3, 0.4) is 0 Å². The first kappa shape index (κ1) is 17.2. The van der Waals surface area contributed by atoms with Gasteiger partial charge in [0.15, 0.2) is 0 Å². The second kappa shape index (κ2) is 7.99. The largest absolute Gasteiger partial charge is 0.390 e. The van der Waals surface area contributed by atoms with Crippen LogP contribution in [0.25, 0.3) is 0 Å². The number of carbonyl (C=O) groups is 1. The van der Waals surface area contributed by atoms with Gasteiger partial charge in [-0.15, -0.1) is 0 Å². The molecule has 132 valence electrons. The summed E-state index contributed by atoms with van der Waals surface area (Å²) in [4.78, 5) is 14.6. The highest BCUT2D eigenvalue weighted by molar-refractivity contribution is 5.74. The summed E-state index contributed by atoms with van der Waals surface area (Å²) < 4.78 is 0. The molecule has 0 spiro atoms. The van der Waals surface area contributed by atoms with Crippen LogP contribution in [0.2, 0.25) is 0 Å². The predicted octanol–water partition coefficient (Wildman–Crippen LogP) is 2.07. The molecule has 0 radical (unpaired) electrons. The summed E-state index contributed by atoms with van der Waals surface area (Å²) in [6, 6.07) is 7.41. The molecule has 0 aromatic heterocycles. The Balaban J connectivity index is 1.39. The molecule has 0 bridgehead atoms. The lowest BCUT2D eigenvalue weighted by molar-refractivity contribution is 0.142. The average molecular weight is 331 g/mol. The number of likely N-dealkylation sites (tertiary alicyclic amines) is 1. The van der Waals surface area contributed by atoms with Crippen LogP contribution < -0.4 is 10.6 Å². The number of nitrogens with one attached hydrogen (secondary N) is 2. The number of fused-ring (bicyclic) bond motifs is 1. The molecule has 2 aliphatic rings. The standard InChI is InChI=1S/C19H29N3O2/c1-14-6-4-10-22(13-14)11-5-9-20-19(24)21-18-16-8-3-2-7-15(16)12-17(18)23/h2-3,7-8,14,17-18,23H,4-6,9-13H2,1H3,(H2,20,21,24). The van der Waals surface area contributed by atoms with E-state index >= 15 is 0 Å². The Morgan fingerprint density at radius 1 is 1.38 bits per heavy atom. The van der Waals surface area contributed by atoms with E-state index in [4.69, 9.17) is 0 Å². The van der Waals surface area contributed by atoms with E-state index in [0.717, 1.165) is 30.0 Å². The van der Waals surface area contributed by atoms with Crippen molar-refractivity contribution in [3.8, 4) is 0 Å². The van der Waals surface area contributed by atoms with Gasteiger partial charge in [0.2, 0.25) is 0 Å². The van der Waals surface area contributed by atoms with E-state index in [1.165, 1.54) is 25.9 Å². The monoisotopic (exact) mass is 331 g/mol. The maximum atomic E-state index is 12.1. The van der Waals surface area contributed by atoms with E-state index in [2.05, 4.69) is 22.5 Å². The highest BCUT2D eigenvalue weighted by Gasteiger charge is 2.31. The maximum absolute atomic E-state index is 12.1. The van der Waals surface area contributed by atoms with Gasteiger partial charge in [0.05, 0.1) is 12.1 Å². The molecule has 3 unspecified atom stereocenters. The summed E-state index contributed by atoms with van der Waals surface area (Å²) in [6.45, 7) is 6.38. The van der Waals surface area contributed by atoms with Crippen LogP contribution in [0, 0.1) is 5.92 Å². The summed E-state index contributed by atoms with van der Waals surface area (Å²) in [5, 5.41) is 16.0. The molecule has 1 saturated heterocycles. The van der Waals surface area contributed by atoms with Gasteiger partial charge in [-0.1, -0.05) is 31.2 Å². The van der Waals surface area contributed by atoms with Crippen LogP contribution in [0.15, 0.2) is 24.3 Å². The van der Waals surface area contributed by atoms with Gasteiger partial charge in [-0.05, 0) is 49.4 Å². The molecular weight excluding hydrogens is 302 g/mol. The van der Waals surface area contributed by atoms with Gasteiger partial charge in [0.1, 0.15) is 0 Å². The zero-order valence-electron chi connectivity index (χ0n) is 14.5. The molecule has 5 nitrogen and oxygen atoms in total. The Morgan fingerprint density at radius 2 is 2.21 bits per heavy atom. The van der Waals surface area contributed by atoms with E-state index in [-0.39, 0.29) is 12.1 Å². The molecule has 3 atom stereocenters. The number of benzene rings is 1. The number of urea groups is 1. The van der Waals surface area contributed by atoms with Crippen LogP contribution in [-0.4, -0.2) is 48.3 Å². The third-order valence-corrected chi connectivity index (χ3v) is 5.17. The summed E-state index contributed by atoms with van der Waals surface area (Å²) in [7, 11) is 0. The minimum Gasteiger partial charge on any atom is -0.390 e. The second-order valence-electron chi connectivity index (χ2n) is 7.25. The zero-order chi connectivity index (χ0) is 16.9. The van der Waals surface area contributed by atoms with Crippen molar-refractivity contribution in [2.24, 2.45) is 5.92 Å². The van der Waals surface area contributed by atoms with Gasteiger partial charge in [0, 0.05) is 19.5 Å². The lowest BCUT2D eigenvalue weighted by Gasteiger charge is -2.30. The fourth-order valence-electron chi connectivity index (χ4n) is 3.93. The summed E-state index contributed by atoms with van der Waals surface area (Å²) in [6.07, 6.45) is 3.65. The molecule has 3 rings (SSSR count). The molecule has 1 aliphatic carbocycles. The highest BCUT2D eigenvalue weighted by atomic mass is 16.3.